The van der Waals surface area contributed by atoms with Crippen LogP contribution in [0.1, 0.15) is 41.6 Å². The van der Waals surface area contributed by atoms with Crippen molar-refractivity contribution in [2.45, 2.75) is 38.0 Å². The Kier molecular flexibility index (Phi) is 5.30. The fourth-order valence-electron chi connectivity index (χ4n) is 2.71. The molecular formula is C16H22ClNO2. The average molecular weight is 296 g/mol. The SMILES string of the molecule is COc1cc(C(=O)NCC2CCCC(Cl)C2)ccc1C. The molecule has 1 fully saturated rings. The number of rotatable bonds is 4. The minimum atomic E-state index is -0.0417. The van der Waals surface area contributed by atoms with Gasteiger partial charge in [-0.3, -0.25) is 4.79 Å². The zero-order valence-corrected chi connectivity index (χ0v) is 12.9. The minimum absolute atomic E-state index is 0.0417. The van der Waals surface area contributed by atoms with Crippen molar-refractivity contribution in [2.24, 2.45) is 5.92 Å². The van der Waals surface area contributed by atoms with E-state index in [1.54, 1.807) is 13.2 Å². The van der Waals surface area contributed by atoms with Crippen molar-refractivity contribution < 1.29 is 9.53 Å². The lowest BCUT2D eigenvalue weighted by Gasteiger charge is -2.25. The number of alkyl halides is 1. The number of nitrogens with one attached hydrogen (secondary N) is 1. The van der Waals surface area contributed by atoms with Crippen LogP contribution >= 0.6 is 11.6 Å². The Labute approximate surface area is 125 Å². The number of carbonyl (C=O) groups is 1. The molecule has 0 heterocycles. The van der Waals surface area contributed by atoms with E-state index in [1.807, 2.05) is 19.1 Å². The highest BCUT2D eigenvalue weighted by Gasteiger charge is 2.20. The van der Waals surface area contributed by atoms with Gasteiger partial charge in [0.1, 0.15) is 5.75 Å². The van der Waals surface area contributed by atoms with Gasteiger partial charge in [-0.05, 0) is 49.8 Å². The van der Waals surface area contributed by atoms with Crippen molar-refractivity contribution in [3.05, 3.63) is 29.3 Å². The van der Waals surface area contributed by atoms with Crippen LogP contribution in [0.4, 0.5) is 0 Å². The Morgan fingerprint density at radius 2 is 2.25 bits per heavy atom. The molecule has 0 radical (unpaired) electrons. The number of aryl methyl sites for hydroxylation is 1. The van der Waals surface area contributed by atoms with Gasteiger partial charge in [0.05, 0.1) is 7.11 Å². The molecule has 2 unspecified atom stereocenters. The van der Waals surface area contributed by atoms with E-state index in [1.165, 1.54) is 0 Å². The summed E-state index contributed by atoms with van der Waals surface area (Å²) in [6.45, 7) is 2.67. The first-order chi connectivity index (χ1) is 9.60. The van der Waals surface area contributed by atoms with Crippen LogP contribution in [0.15, 0.2) is 18.2 Å². The summed E-state index contributed by atoms with van der Waals surface area (Å²) in [5.74, 6) is 1.21. The third-order valence-corrected chi connectivity index (χ3v) is 4.34. The number of halogens is 1. The maximum Gasteiger partial charge on any atom is 0.251 e. The molecule has 0 aliphatic heterocycles. The number of carbonyl (C=O) groups excluding carboxylic acids is 1. The van der Waals surface area contributed by atoms with E-state index in [9.17, 15) is 4.79 Å². The molecule has 2 atom stereocenters. The largest absolute Gasteiger partial charge is 0.496 e. The van der Waals surface area contributed by atoms with Crippen molar-refractivity contribution >= 4 is 17.5 Å². The van der Waals surface area contributed by atoms with E-state index < -0.39 is 0 Å². The minimum Gasteiger partial charge on any atom is -0.496 e. The first-order valence-electron chi connectivity index (χ1n) is 7.17. The molecule has 0 spiro atoms. The van der Waals surface area contributed by atoms with Crippen LogP contribution in [0.25, 0.3) is 0 Å². The highest BCUT2D eigenvalue weighted by atomic mass is 35.5. The molecule has 4 heteroatoms. The van der Waals surface area contributed by atoms with Crippen molar-refractivity contribution in [3.63, 3.8) is 0 Å². The molecule has 1 saturated carbocycles. The van der Waals surface area contributed by atoms with E-state index in [2.05, 4.69) is 5.32 Å². The van der Waals surface area contributed by atoms with E-state index >= 15 is 0 Å². The molecule has 3 nitrogen and oxygen atoms in total. The maximum absolute atomic E-state index is 12.1. The number of amides is 1. The Balaban J connectivity index is 1.91. The molecule has 1 aromatic carbocycles. The van der Waals surface area contributed by atoms with Crippen LogP contribution in [0.3, 0.4) is 0 Å². The lowest BCUT2D eigenvalue weighted by atomic mass is 9.89. The lowest BCUT2D eigenvalue weighted by Crippen LogP contribution is -2.32. The molecule has 1 aromatic rings. The zero-order valence-electron chi connectivity index (χ0n) is 12.1. The average Bonchev–Trinajstić information content (AvgIpc) is 2.45. The quantitative estimate of drug-likeness (QED) is 0.863. The van der Waals surface area contributed by atoms with Crippen LogP contribution in [0.2, 0.25) is 0 Å². The summed E-state index contributed by atoms with van der Waals surface area (Å²) in [5, 5.41) is 3.28. The van der Waals surface area contributed by atoms with Gasteiger partial charge in [-0.15, -0.1) is 11.6 Å². The number of hydrogen-bond acceptors (Lipinski definition) is 2. The summed E-state index contributed by atoms with van der Waals surface area (Å²) in [6.07, 6.45) is 4.41. The van der Waals surface area contributed by atoms with Gasteiger partial charge in [0.25, 0.3) is 5.91 Å². The number of hydrogen-bond donors (Lipinski definition) is 1. The molecule has 20 heavy (non-hydrogen) atoms. The van der Waals surface area contributed by atoms with Gasteiger partial charge in [0.15, 0.2) is 0 Å². The maximum atomic E-state index is 12.1. The summed E-state index contributed by atoms with van der Waals surface area (Å²) in [4.78, 5) is 12.1. The van der Waals surface area contributed by atoms with E-state index in [0.29, 0.717) is 18.0 Å². The lowest BCUT2D eigenvalue weighted by molar-refractivity contribution is 0.0943. The first-order valence-corrected chi connectivity index (χ1v) is 7.60. The second kappa shape index (κ2) is 6.98. The summed E-state index contributed by atoms with van der Waals surface area (Å²) in [5.41, 5.74) is 1.67. The van der Waals surface area contributed by atoms with Crippen LogP contribution in [-0.2, 0) is 0 Å². The van der Waals surface area contributed by atoms with Crippen LogP contribution < -0.4 is 10.1 Å². The Hall–Kier alpha value is -1.22. The summed E-state index contributed by atoms with van der Waals surface area (Å²) in [7, 11) is 1.62. The molecule has 1 N–H and O–H groups in total. The Morgan fingerprint density at radius 3 is 2.95 bits per heavy atom. The third-order valence-electron chi connectivity index (χ3n) is 3.94. The highest BCUT2D eigenvalue weighted by molar-refractivity contribution is 6.20. The van der Waals surface area contributed by atoms with E-state index in [0.717, 1.165) is 37.0 Å². The predicted octanol–water partition coefficient (Wildman–Crippen LogP) is 3.53. The van der Waals surface area contributed by atoms with Gasteiger partial charge in [0.2, 0.25) is 0 Å². The zero-order chi connectivity index (χ0) is 14.5. The molecule has 2 rings (SSSR count). The predicted molar refractivity (Wildman–Crippen MR) is 81.7 cm³/mol. The second-order valence-electron chi connectivity index (χ2n) is 5.52. The highest BCUT2D eigenvalue weighted by Crippen LogP contribution is 2.27. The molecule has 1 aliphatic rings. The van der Waals surface area contributed by atoms with E-state index in [-0.39, 0.29) is 11.3 Å². The fraction of sp³-hybridized carbons (Fsp3) is 0.562. The molecule has 1 amide bonds. The van der Waals surface area contributed by atoms with Crippen molar-refractivity contribution in [3.8, 4) is 5.75 Å². The van der Waals surface area contributed by atoms with Crippen molar-refractivity contribution in [2.75, 3.05) is 13.7 Å². The standard InChI is InChI=1S/C16H22ClNO2/c1-11-6-7-13(9-15(11)20-2)16(19)18-10-12-4-3-5-14(17)8-12/h6-7,9,12,14H,3-5,8,10H2,1-2H3,(H,18,19). The van der Waals surface area contributed by atoms with Gasteiger partial charge in [-0.2, -0.15) is 0 Å². The number of ether oxygens (including phenoxy) is 1. The normalized spacial score (nSPS) is 22.4. The van der Waals surface area contributed by atoms with Crippen molar-refractivity contribution in [1.29, 1.82) is 0 Å². The Morgan fingerprint density at radius 1 is 1.45 bits per heavy atom. The molecule has 1 aliphatic carbocycles. The monoisotopic (exact) mass is 295 g/mol. The molecule has 110 valence electrons. The number of benzene rings is 1. The van der Waals surface area contributed by atoms with Gasteiger partial charge < -0.3 is 10.1 Å². The smallest absolute Gasteiger partial charge is 0.251 e. The summed E-state index contributed by atoms with van der Waals surface area (Å²) < 4.78 is 5.25. The molecule has 0 aromatic heterocycles. The summed E-state index contributed by atoms with van der Waals surface area (Å²) >= 11 is 6.17. The van der Waals surface area contributed by atoms with Gasteiger partial charge >= 0.3 is 0 Å². The van der Waals surface area contributed by atoms with Gasteiger partial charge in [-0.1, -0.05) is 12.5 Å². The molecule has 0 saturated heterocycles. The van der Waals surface area contributed by atoms with Gasteiger partial charge in [0, 0.05) is 17.5 Å². The fourth-order valence-corrected chi connectivity index (χ4v) is 3.12. The van der Waals surface area contributed by atoms with Crippen LogP contribution in [0.5, 0.6) is 5.75 Å². The number of methoxy groups -OCH3 is 1. The topological polar surface area (TPSA) is 38.3 Å². The van der Waals surface area contributed by atoms with Crippen LogP contribution in [-0.4, -0.2) is 24.9 Å². The van der Waals surface area contributed by atoms with Crippen LogP contribution in [0, 0.1) is 12.8 Å². The van der Waals surface area contributed by atoms with E-state index in [4.69, 9.17) is 16.3 Å². The first kappa shape index (κ1) is 15.2. The summed E-state index contributed by atoms with van der Waals surface area (Å²) in [6, 6.07) is 5.53. The van der Waals surface area contributed by atoms with Gasteiger partial charge in [-0.25, -0.2) is 0 Å². The molecular weight excluding hydrogens is 274 g/mol. The second-order valence-corrected chi connectivity index (χ2v) is 6.14. The molecule has 0 bridgehead atoms. The Bertz CT molecular complexity index is 476. The third kappa shape index (κ3) is 3.89. The van der Waals surface area contributed by atoms with Crippen molar-refractivity contribution in [1.82, 2.24) is 5.32 Å².